The number of aliphatic hydroxyl groups excluding tert-OH is 1. The third kappa shape index (κ3) is 7.56. The maximum Gasteiger partial charge on any atom is 0.305 e. The van der Waals surface area contributed by atoms with Crippen molar-refractivity contribution in [1.82, 2.24) is 0 Å². The Hall–Kier alpha value is -1.51. The molecule has 1 N–H and O–H groups in total. The van der Waals surface area contributed by atoms with Gasteiger partial charge in [0.1, 0.15) is 12.7 Å². The SMILES string of the molecule is COCC(C)(CO)COC(=O)CCCOC1COC(c2ccccc2)OC1. The molecule has 1 aromatic carbocycles. The molecule has 1 saturated heterocycles. The summed E-state index contributed by atoms with van der Waals surface area (Å²) in [4.78, 5) is 11.8. The number of hydrogen-bond donors (Lipinski definition) is 1. The van der Waals surface area contributed by atoms with Gasteiger partial charge in [-0.05, 0) is 6.42 Å². The first kappa shape index (κ1) is 21.8. The summed E-state index contributed by atoms with van der Waals surface area (Å²) in [6.45, 7) is 3.49. The zero-order chi connectivity index (χ0) is 19.5. The van der Waals surface area contributed by atoms with E-state index in [0.717, 1.165) is 5.56 Å². The molecule has 0 spiro atoms. The Morgan fingerprint density at radius 1 is 1.22 bits per heavy atom. The number of carbonyl (C=O) groups is 1. The van der Waals surface area contributed by atoms with E-state index in [9.17, 15) is 9.90 Å². The standard InChI is InChI=1S/C20H30O7/c1-20(13-21,14-23-2)15-27-18(22)9-6-10-24-17-11-25-19(26-12-17)16-7-4-3-5-8-16/h3-5,7-8,17,19,21H,6,9-15H2,1-2H3. The second-order valence-electron chi connectivity index (χ2n) is 7.07. The quantitative estimate of drug-likeness (QED) is 0.463. The van der Waals surface area contributed by atoms with Crippen LogP contribution in [0.1, 0.15) is 31.6 Å². The summed E-state index contributed by atoms with van der Waals surface area (Å²) < 4.78 is 27.3. The van der Waals surface area contributed by atoms with E-state index in [4.69, 9.17) is 23.7 Å². The molecule has 1 unspecified atom stereocenters. The number of aliphatic hydroxyl groups is 1. The van der Waals surface area contributed by atoms with Gasteiger partial charge >= 0.3 is 5.97 Å². The zero-order valence-corrected chi connectivity index (χ0v) is 16.1. The Morgan fingerprint density at radius 2 is 1.93 bits per heavy atom. The van der Waals surface area contributed by atoms with Gasteiger partial charge in [-0.2, -0.15) is 0 Å². The number of rotatable bonds is 11. The van der Waals surface area contributed by atoms with E-state index < -0.39 is 5.41 Å². The monoisotopic (exact) mass is 382 g/mol. The van der Waals surface area contributed by atoms with E-state index in [0.29, 0.717) is 32.8 Å². The number of methoxy groups -OCH3 is 1. The van der Waals surface area contributed by atoms with Crippen molar-refractivity contribution in [3.63, 3.8) is 0 Å². The van der Waals surface area contributed by atoms with Gasteiger partial charge in [0.05, 0.1) is 26.4 Å². The van der Waals surface area contributed by atoms with Gasteiger partial charge in [0.2, 0.25) is 0 Å². The predicted octanol–water partition coefficient (Wildman–Crippen LogP) is 2.09. The van der Waals surface area contributed by atoms with E-state index in [1.807, 2.05) is 30.3 Å². The maximum atomic E-state index is 11.8. The molecular formula is C20H30O7. The van der Waals surface area contributed by atoms with Crippen LogP contribution in [0.4, 0.5) is 0 Å². The number of benzene rings is 1. The summed E-state index contributed by atoms with van der Waals surface area (Å²) in [6.07, 6.45) is 0.321. The molecule has 152 valence electrons. The van der Waals surface area contributed by atoms with Gasteiger partial charge < -0.3 is 28.8 Å². The summed E-state index contributed by atoms with van der Waals surface area (Å²) >= 11 is 0. The van der Waals surface area contributed by atoms with Crippen LogP contribution in [-0.2, 0) is 28.5 Å². The maximum absolute atomic E-state index is 11.8. The number of carbonyl (C=O) groups excluding carboxylic acids is 1. The molecule has 7 nitrogen and oxygen atoms in total. The van der Waals surface area contributed by atoms with Crippen LogP contribution in [0.2, 0.25) is 0 Å². The minimum Gasteiger partial charge on any atom is -0.465 e. The fraction of sp³-hybridized carbons (Fsp3) is 0.650. The lowest BCUT2D eigenvalue weighted by Gasteiger charge is -2.29. The second-order valence-corrected chi connectivity index (χ2v) is 7.07. The average molecular weight is 382 g/mol. The van der Waals surface area contributed by atoms with Crippen LogP contribution in [0, 0.1) is 5.41 Å². The van der Waals surface area contributed by atoms with Gasteiger partial charge in [-0.15, -0.1) is 0 Å². The van der Waals surface area contributed by atoms with Crippen molar-refractivity contribution in [3.8, 4) is 0 Å². The van der Waals surface area contributed by atoms with E-state index in [1.165, 1.54) is 0 Å². The highest BCUT2D eigenvalue weighted by Gasteiger charge is 2.26. The molecule has 0 bridgehead atoms. The predicted molar refractivity (Wildman–Crippen MR) is 98.1 cm³/mol. The van der Waals surface area contributed by atoms with Crippen molar-refractivity contribution >= 4 is 5.97 Å². The third-order valence-electron chi connectivity index (χ3n) is 4.27. The molecule has 1 heterocycles. The van der Waals surface area contributed by atoms with Crippen molar-refractivity contribution in [3.05, 3.63) is 35.9 Å². The lowest BCUT2D eigenvalue weighted by atomic mass is 9.94. The normalized spacial score (nSPS) is 22.2. The topological polar surface area (TPSA) is 83.5 Å². The first-order chi connectivity index (χ1) is 13.1. The van der Waals surface area contributed by atoms with Gasteiger partial charge in [0.25, 0.3) is 0 Å². The van der Waals surface area contributed by atoms with E-state index in [2.05, 4.69) is 0 Å². The Labute approximate surface area is 160 Å². The van der Waals surface area contributed by atoms with E-state index in [1.54, 1.807) is 14.0 Å². The molecule has 1 aliphatic heterocycles. The summed E-state index contributed by atoms with van der Waals surface area (Å²) in [7, 11) is 1.55. The molecular weight excluding hydrogens is 352 g/mol. The summed E-state index contributed by atoms with van der Waals surface area (Å²) in [5, 5.41) is 9.36. The average Bonchev–Trinajstić information content (AvgIpc) is 2.71. The highest BCUT2D eigenvalue weighted by atomic mass is 16.7. The highest BCUT2D eigenvalue weighted by Crippen LogP contribution is 2.23. The third-order valence-corrected chi connectivity index (χ3v) is 4.27. The lowest BCUT2D eigenvalue weighted by Crippen LogP contribution is -2.34. The van der Waals surface area contributed by atoms with Gasteiger partial charge in [-0.3, -0.25) is 4.79 Å². The first-order valence-corrected chi connectivity index (χ1v) is 9.21. The molecule has 0 radical (unpaired) electrons. The molecule has 0 aromatic heterocycles. The first-order valence-electron chi connectivity index (χ1n) is 9.21. The van der Waals surface area contributed by atoms with E-state index >= 15 is 0 Å². The van der Waals surface area contributed by atoms with Crippen LogP contribution >= 0.6 is 0 Å². The van der Waals surface area contributed by atoms with Crippen LogP contribution in [0.25, 0.3) is 0 Å². The largest absolute Gasteiger partial charge is 0.465 e. The Balaban J connectivity index is 1.56. The molecule has 1 aromatic rings. The van der Waals surface area contributed by atoms with Gasteiger partial charge in [-0.25, -0.2) is 0 Å². The van der Waals surface area contributed by atoms with Crippen LogP contribution in [-0.4, -0.2) is 63.9 Å². The Morgan fingerprint density at radius 3 is 2.56 bits per heavy atom. The second kappa shape index (κ2) is 11.4. The fourth-order valence-corrected chi connectivity index (χ4v) is 2.66. The number of ether oxygens (including phenoxy) is 5. The van der Waals surface area contributed by atoms with Crippen molar-refractivity contribution in [2.24, 2.45) is 5.41 Å². The fourth-order valence-electron chi connectivity index (χ4n) is 2.66. The highest BCUT2D eigenvalue weighted by molar-refractivity contribution is 5.69. The van der Waals surface area contributed by atoms with Crippen LogP contribution < -0.4 is 0 Å². The molecule has 1 fully saturated rings. The van der Waals surface area contributed by atoms with Gasteiger partial charge in [0.15, 0.2) is 6.29 Å². The molecule has 1 aliphatic rings. The Kier molecular flexibility index (Phi) is 9.17. The van der Waals surface area contributed by atoms with Crippen molar-refractivity contribution < 1.29 is 33.6 Å². The zero-order valence-electron chi connectivity index (χ0n) is 16.1. The molecule has 2 rings (SSSR count). The summed E-state index contributed by atoms with van der Waals surface area (Å²) in [6, 6.07) is 9.77. The van der Waals surface area contributed by atoms with Gasteiger partial charge in [-0.1, -0.05) is 37.3 Å². The van der Waals surface area contributed by atoms with Crippen molar-refractivity contribution in [2.75, 3.05) is 46.8 Å². The molecule has 1 atom stereocenters. The molecule has 0 aliphatic carbocycles. The smallest absolute Gasteiger partial charge is 0.305 e. The molecule has 7 heteroatoms. The van der Waals surface area contributed by atoms with Crippen LogP contribution in [0.5, 0.6) is 0 Å². The molecule has 0 amide bonds. The number of esters is 1. The summed E-state index contributed by atoms with van der Waals surface area (Å²) in [5.74, 6) is -0.310. The Bertz CT molecular complexity index is 543. The van der Waals surface area contributed by atoms with Crippen LogP contribution in [0.3, 0.4) is 0 Å². The van der Waals surface area contributed by atoms with Crippen molar-refractivity contribution in [2.45, 2.75) is 32.2 Å². The van der Waals surface area contributed by atoms with Crippen molar-refractivity contribution in [1.29, 1.82) is 0 Å². The molecule has 0 saturated carbocycles. The van der Waals surface area contributed by atoms with Crippen LogP contribution in [0.15, 0.2) is 30.3 Å². The summed E-state index contributed by atoms with van der Waals surface area (Å²) in [5.41, 5.74) is 0.412. The van der Waals surface area contributed by atoms with Gasteiger partial charge in [0, 0.05) is 31.1 Å². The minimum atomic E-state index is -0.576. The lowest BCUT2D eigenvalue weighted by molar-refractivity contribution is -0.230. The molecule has 27 heavy (non-hydrogen) atoms. The minimum absolute atomic E-state index is 0.108. The number of hydrogen-bond acceptors (Lipinski definition) is 7. The van der Waals surface area contributed by atoms with E-state index in [-0.39, 0.29) is 38.0 Å².